The summed E-state index contributed by atoms with van der Waals surface area (Å²) in [6, 6.07) is 8.66. The van der Waals surface area contributed by atoms with E-state index in [2.05, 4.69) is 46.5 Å². The van der Waals surface area contributed by atoms with Crippen LogP contribution in [-0.2, 0) is 4.74 Å². The molecule has 0 aliphatic carbocycles. The number of piperidine rings is 1. The lowest BCUT2D eigenvalue weighted by molar-refractivity contribution is 0.150. The van der Waals surface area contributed by atoms with Gasteiger partial charge in [0.05, 0.1) is 13.2 Å². The molecule has 2 aliphatic rings. The monoisotopic (exact) mass is 388 g/mol. The summed E-state index contributed by atoms with van der Waals surface area (Å²) in [5, 5.41) is 6.98. The van der Waals surface area contributed by atoms with Crippen molar-refractivity contribution in [3.63, 3.8) is 0 Å². The maximum atomic E-state index is 5.97. The number of ether oxygens (including phenoxy) is 2. The minimum Gasteiger partial charge on any atom is -0.489 e. The van der Waals surface area contributed by atoms with Gasteiger partial charge in [0.2, 0.25) is 0 Å². The van der Waals surface area contributed by atoms with Gasteiger partial charge < -0.3 is 25.0 Å². The number of benzene rings is 1. The van der Waals surface area contributed by atoms with Crippen molar-refractivity contribution in [3.05, 3.63) is 29.8 Å². The van der Waals surface area contributed by atoms with E-state index in [-0.39, 0.29) is 6.10 Å². The van der Waals surface area contributed by atoms with Crippen LogP contribution in [0.5, 0.6) is 5.75 Å². The van der Waals surface area contributed by atoms with Crippen molar-refractivity contribution in [2.45, 2.75) is 45.3 Å². The van der Waals surface area contributed by atoms with Crippen LogP contribution in [0.2, 0.25) is 0 Å². The van der Waals surface area contributed by atoms with Gasteiger partial charge in [0.1, 0.15) is 11.9 Å². The molecule has 3 rings (SSSR count). The number of hydrogen-bond acceptors (Lipinski definition) is 4. The molecule has 0 radical (unpaired) electrons. The van der Waals surface area contributed by atoms with E-state index in [1.54, 1.807) is 0 Å². The van der Waals surface area contributed by atoms with Crippen molar-refractivity contribution in [2.24, 2.45) is 10.9 Å². The fourth-order valence-electron chi connectivity index (χ4n) is 3.87. The topological polar surface area (TPSA) is 58.1 Å². The SMILES string of the molecule is CN=C(NCC(C)Oc1ccc(C)cc1)NC1CCN(CC2CCOC2)CC1. The minimum absolute atomic E-state index is 0.0664. The van der Waals surface area contributed by atoms with Gasteiger partial charge in [-0.2, -0.15) is 0 Å². The Morgan fingerprint density at radius 1 is 1.25 bits per heavy atom. The second-order valence-corrected chi connectivity index (χ2v) is 8.14. The van der Waals surface area contributed by atoms with E-state index >= 15 is 0 Å². The Balaban J connectivity index is 1.34. The molecule has 1 aromatic carbocycles. The number of guanidine groups is 1. The van der Waals surface area contributed by atoms with E-state index < -0.39 is 0 Å². The van der Waals surface area contributed by atoms with Gasteiger partial charge in [0.25, 0.3) is 0 Å². The summed E-state index contributed by atoms with van der Waals surface area (Å²) in [5.74, 6) is 2.50. The Bertz CT molecular complexity index is 605. The molecule has 2 unspecified atom stereocenters. The molecule has 156 valence electrons. The predicted octanol–water partition coefficient (Wildman–Crippen LogP) is 2.43. The van der Waals surface area contributed by atoms with E-state index in [4.69, 9.17) is 9.47 Å². The third-order valence-electron chi connectivity index (χ3n) is 5.61. The van der Waals surface area contributed by atoms with E-state index in [0.717, 1.165) is 56.8 Å². The van der Waals surface area contributed by atoms with Gasteiger partial charge in [-0.3, -0.25) is 4.99 Å². The maximum absolute atomic E-state index is 5.97. The third kappa shape index (κ3) is 6.67. The van der Waals surface area contributed by atoms with E-state index in [9.17, 15) is 0 Å². The second-order valence-electron chi connectivity index (χ2n) is 8.14. The standard InChI is InChI=1S/C22H36N4O2/c1-17-4-6-21(7-5-17)28-18(2)14-24-22(23-3)25-20-8-11-26(12-9-20)15-19-10-13-27-16-19/h4-7,18-20H,8-16H2,1-3H3,(H2,23,24,25). The molecule has 0 bridgehead atoms. The zero-order valence-corrected chi connectivity index (χ0v) is 17.6. The average Bonchev–Trinajstić information content (AvgIpc) is 3.21. The Kier molecular flexibility index (Phi) is 7.98. The first-order valence-corrected chi connectivity index (χ1v) is 10.6. The predicted molar refractivity (Wildman–Crippen MR) is 114 cm³/mol. The van der Waals surface area contributed by atoms with Crippen LogP contribution < -0.4 is 15.4 Å². The maximum Gasteiger partial charge on any atom is 0.191 e. The van der Waals surface area contributed by atoms with Gasteiger partial charge in [0, 0.05) is 39.3 Å². The number of rotatable bonds is 7. The van der Waals surface area contributed by atoms with Crippen LogP contribution in [0.1, 0.15) is 31.7 Å². The lowest BCUT2D eigenvalue weighted by Gasteiger charge is -2.34. The fraction of sp³-hybridized carbons (Fsp3) is 0.682. The molecule has 2 aliphatic heterocycles. The van der Waals surface area contributed by atoms with Crippen LogP contribution in [0, 0.1) is 12.8 Å². The highest BCUT2D eigenvalue weighted by Crippen LogP contribution is 2.17. The lowest BCUT2D eigenvalue weighted by atomic mass is 10.0. The van der Waals surface area contributed by atoms with Crippen molar-refractivity contribution in [1.82, 2.24) is 15.5 Å². The van der Waals surface area contributed by atoms with E-state index in [1.165, 1.54) is 18.5 Å². The summed E-state index contributed by atoms with van der Waals surface area (Å²) < 4.78 is 11.5. The number of nitrogens with zero attached hydrogens (tertiary/aromatic N) is 2. The summed E-state index contributed by atoms with van der Waals surface area (Å²) in [6.45, 7) is 10.2. The zero-order valence-electron chi connectivity index (χ0n) is 17.6. The van der Waals surface area contributed by atoms with E-state index in [0.29, 0.717) is 12.6 Å². The quantitative estimate of drug-likeness (QED) is 0.555. The van der Waals surface area contributed by atoms with Crippen molar-refractivity contribution >= 4 is 5.96 Å². The molecule has 2 saturated heterocycles. The smallest absolute Gasteiger partial charge is 0.191 e. The Morgan fingerprint density at radius 2 is 2.00 bits per heavy atom. The van der Waals surface area contributed by atoms with Crippen LogP contribution in [0.25, 0.3) is 0 Å². The Morgan fingerprint density at radius 3 is 2.64 bits per heavy atom. The highest BCUT2D eigenvalue weighted by Gasteiger charge is 2.24. The molecule has 0 aromatic heterocycles. The molecule has 28 heavy (non-hydrogen) atoms. The third-order valence-corrected chi connectivity index (χ3v) is 5.61. The van der Waals surface area contributed by atoms with Crippen LogP contribution in [0.15, 0.2) is 29.3 Å². The number of aryl methyl sites for hydroxylation is 1. The Labute approximate surface area is 169 Å². The molecule has 2 atom stereocenters. The van der Waals surface area contributed by atoms with Crippen LogP contribution >= 0.6 is 0 Å². The lowest BCUT2D eigenvalue weighted by Crippen LogP contribution is -2.50. The van der Waals surface area contributed by atoms with Gasteiger partial charge >= 0.3 is 0 Å². The fourth-order valence-corrected chi connectivity index (χ4v) is 3.87. The first-order chi connectivity index (χ1) is 13.6. The van der Waals surface area contributed by atoms with Crippen LogP contribution in [0.3, 0.4) is 0 Å². The molecular weight excluding hydrogens is 352 g/mol. The van der Waals surface area contributed by atoms with Gasteiger partial charge in [-0.15, -0.1) is 0 Å². The first-order valence-electron chi connectivity index (χ1n) is 10.6. The highest BCUT2D eigenvalue weighted by molar-refractivity contribution is 5.80. The molecule has 6 nitrogen and oxygen atoms in total. The molecule has 0 amide bonds. The number of likely N-dealkylation sites (tertiary alicyclic amines) is 1. The summed E-state index contributed by atoms with van der Waals surface area (Å²) in [4.78, 5) is 6.97. The highest BCUT2D eigenvalue weighted by atomic mass is 16.5. The molecule has 2 N–H and O–H groups in total. The molecule has 1 aromatic rings. The number of nitrogens with one attached hydrogen (secondary N) is 2. The van der Waals surface area contributed by atoms with E-state index in [1.807, 2.05) is 19.2 Å². The molecule has 0 spiro atoms. The largest absolute Gasteiger partial charge is 0.489 e. The Hall–Kier alpha value is -1.79. The van der Waals surface area contributed by atoms with Crippen molar-refractivity contribution in [1.29, 1.82) is 0 Å². The summed E-state index contributed by atoms with van der Waals surface area (Å²) in [7, 11) is 1.83. The van der Waals surface area contributed by atoms with Gasteiger partial charge in [-0.05, 0) is 51.2 Å². The number of aliphatic imine (C=N–C) groups is 1. The molecule has 0 saturated carbocycles. The first kappa shape index (κ1) is 20.9. The van der Waals surface area contributed by atoms with Crippen LogP contribution in [-0.4, -0.2) is 69.4 Å². The van der Waals surface area contributed by atoms with Gasteiger partial charge in [0.15, 0.2) is 5.96 Å². The summed E-state index contributed by atoms with van der Waals surface area (Å²) in [5.41, 5.74) is 1.24. The minimum atomic E-state index is 0.0664. The van der Waals surface area contributed by atoms with Crippen molar-refractivity contribution in [3.8, 4) is 5.75 Å². The van der Waals surface area contributed by atoms with Gasteiger partial charge in [-0.1, -0.05) is 17.7 Å². The van der Waals surface area contributed by atoms with Crippen molar-refractivity contribution < 1.29 is 9.47 Å². The summed E-state index contributed by atoms with van der Waals surface area (Å²) >= 11 is 0. The molecule has 6 heteroatoms. The van der Waals surface area contributed by atoms with Crippen LogP contribution in [0.4, 0.5) is 0 Å². The average molecular weight is 389 g/mol. The van der Waals surface area contributed by atoms with Crippen molar-refractivity contribution in [2.75, 3.05) is 46.4 Å². The molecule has 2 fully saturated rings. The normalized spacial score (nSPS) is 22.8. The van der Waals surface area contributed by atoms with Gasteiger partial charge in [-0.25, -0.2) is 0 Å². The molecule has 2 heterocycles. The summed E-state index contributed by atoms with van der Waals surface area (Å²) in [6.07, 6.45) is 3.60. The zero-order chi connectivity index (χ0) is 19.8. The second kappa shape index (κ2) is 10.7. The number of hydrogen-bond donors (Lipinski definition) is 2. The molecular formula is C22H36N4O2.